The predicted molar refractivity (Wildman–Crippen MR) is 113 cm³/mol. The van der Waals surface area contributed by atoms with Crippen molar-refractivity contribution in [3.8, 4) is 11.1 Å². The van der Waals surface area contributed by atoms with Crippen molar-refractivity contribution < 1.29 is 14.0 Å². The van der Waals surface area contributed by atoms with Crippen molar-refractivity contribution in [2.75, 3.05) is 26.2 Å². The van der Waals surface area contributed by atoms with E-state index in [0.29, 0.717) is 37.4 Å². The van der Waals surface area contributed by atoms with Crippen molar-refractivity contribution in [2.24, 2.45) is 0 Å². The van der Waals surface area contributed by atoms with Gasteiger partial charge < -0.3 is 14.8 Å². The van der Waals surface area contributed by atoms with E-state index in [9.17, 15) is 14.0 Å². The summed E-state index contributed by atoms with van der Waals surface area (Å²) in [7, 11) is 0. The first-order valence-corrected chi connectivity index (χ1v) is 10.7. The van der Waals surface area contributed by atoms with Crippen molar-refractivity contribution in [3.63, 3.8) is 0 Å². The van der Waals surface area contributed by atoms with Crippen molar-refractivity contribution in [1.82, 2.24) is 24.6 Å². The zero-order valence-electron chi connectivity index (χ0n) is 17.2. The maximum absolute atomic E-state index is 13.1. The molecule has 160 valence electrons. The molecular weight excluding hydrogens is 397 g/mol. The van der Waals surface area contributed by atoms with Gasteiger partial charge in [-0.15, -0.1) is 0 Å². The van der Waals surface area contributed by atoms with Gasteiger partial charge in [-0.3, -0.25) is 14.3 Å². The number of aromatic amines is 1. The summed E-state index contributed by atoms with van der Waals surface area (Å²) in [5, 5.41) is 4.37. The smallest absolute Gasteiger partial charge is 0.270 e. The van der Waals surface area contributed by atoms with Crippen LogP contribution in [-0.4, -0.2) is 62.6 Å². The normalized spacial score (nSPS) is 16.3. The third-order valence-corrected chi connectivity index (χ3v) is 6.16. The molecule has 2 aliphatic heterocycles. The van der Waals surface area contributed by atoms with Crippen LogP contribution >= 0.6 is 0 Å². The average molecular weight is 421 g/mol. The van der Waals surface area contributed by atoms with Crippen LogP contribution in [0.1, 0.15) is 39.4 Å². The number of hydrogen-bond donors (Lipinski definition) is 1. The fourth-order valence-electron chi connectivity index (χ4n) is 4.38. The Hall–Kier alpha value is -3.42. The van der Waals surface area contributed by atoms with Gasteiger partial charge in [0.1, 0.15) is 11.5 Å². The molecule has 1 fully saturated rings. The first-order valence-electron chi connectivity index (χ1n) is 10.7. The lowest BCUT2D eigenvalue weighted by molar-refractivity contribution is 0.0532. The van der Waals surface area contributed by atoms with Gasteiger partial charge in [-0.05, 0) is 48.6 Å². The van der Waals surface area contributed by atoms with E-state index in [1.807, 2.05) is 9.58 Å². The lowest BCUT2D eigenvalue weighted by Gasteiger charge is -2.34. The summed E-state index contributed by atoms with van der Waals surface area (Å²) < 4.78 is 15.1. The summed E-state index contributed by atoms with van der Waals surface area (Å²) in [6.07, 6.45) is 6.53. The molecule has 4 heterocycles. The molecule has 5 rings (SSSR count). The maximum Gasteiger partial charge on any atom is 0.270 e. The summed E-state index contributed by atoms with van der Waals surface area (Å²) in [5.74, 6) is -0.378. The van der Waals surface area contributed by atoms with Gasteiger partial charge in [0.2, 0.25) is 0 Å². The van der Waals surface area contributed by atoms with Crippen LogP contribution in [0.25, 0.3) is 11.1 Å². The van der Waals surface area contributed by atoms with E-state index in [1.54, 1.807) is 35.5 Å². The third-order valence-electron chi connectivity index (χ3n) is 6.16. The molecule has 31 heavy (non-hydrogen) atoms. The zero-order chi connectivity index (χ0) is 21.4. The Labute approximate surface area is 179 Å². The molecule has 7 nitrogen and oxygen atoms in total. The van der Waals surface area contributed by atoms with Crippen LogP contribution in [0.4, 0.5) is 4.39 Å². The fraction of sp³-hybridized carbons (Fsp3) is 0.348. The number of H-pyrrole nitrogens is 1. The van der Waals surface area contributed by atoms with Gasteiger partial charge in [-0.2, -0.15) is 5.10 Å². The molecule has 1 saturated heterocycles. The Morgan fingerprint density at radius 1 is 0.903 bits per heavy atom. The molecule has 2 amide bonds. The number of fused-ring (bicyclic) bond motifs is 1. The summed E-state index contributed by atoms with van der Waals surface area (Å²) in [4.78, 5) is 32.5. The third kappa shape index (κ3) is 3.73. The SMILES string of the molecule is O=C(c1cc(-c2ccc(F)cc2)c[nH]1)N1CCN(C(=O)c2cnn3c2CCCC3)CC1. The Morgan fingerprint density at radius 3 is 2.35 bits per heavy atom. The van der Waals surface area contributed by atoms with Gasteiger partial charge >= 0.3 is 0 Å². The minimum absolute atomic E-state index is 0.00807. The van der Waals surface area contributed by atoms with E-state index >= 15 is 0 Å². The molecule has 0 bridgehead atoms. The number of carbonyl (C=O) groups is 2. The summed E-state index contributed by atoms with van der Waals surface area (Å²) >= 11 is 0. The Balaban J connectivity index is 1.22. The minimum atomic E-state index is -0.292. The molecule has 3 aromatic rings. The van der Waals surface area contributed by atoms with Crippen molar-refractivity contribution >= 4 is 11.8 Å². The van der Waals surface area contributed by atoms with Gasteiger partial charge in [-0.25, -0.2) is 4.39 Å². The Morgan fingerprint density at radius 2 is 1.61 bits per heavy atom. The molecule has 1 N–H and O–H groups in total. The zero-order valence-corrected chi connectivity index (χ0v) is 17.2. The summed E-state index contributed by atoms with van der Waals surface area (Å²) in [6, 6.07) is 7.96. The Bertz CT molecular complexity index is 1110. The lowest BCUT2D eigenvalue weighted by atomic mass is 10.1. The number of aromatic nitrogens is 3. The van der Waals surface area contributed by atoms with Crippen LogP contribution in [0.15, 0.2) is 42.7 Å². The van der Waals surface area contributed by atoms with Crippen LogP contribution in [0.2, 0.25) is 0 Å². The van der Waals surface area contributed by atoms with Gasteiger partial charge in [0.25, 0.3) is 11.8 Å². The monoisotopic (exact) mass is 421 g/mol. The number of benzene rings is 1. The first-order chi connectivity index (χ1) is 15.1. The number of nitrogens with one attached hydrogen (secondary N) is 1. The number of amides is 2. The van der Waals surface area contributed by atoms with E-state index in [2.05, 4.69) is 10.1 Å². The standard InChI is InChI=1S/C23H24FN5O2/c24-18-6-4-16(5-7-18)17-13-20(25-14-17)23(31)28-11-9-27(10-12-28)22(30)19-15-26-29-8-2-1-3-21(19)29/h4-7,13-15,25H,1-3,8-12H2. The molecule has 0 radical (unpaired) electrons. The van der Waals surface area contributed by atoms with E-state index in [1.165, 1.54) is 12.1 Å². The Kier molecular flexibility index (Phi) is 5.05. The van der Waals surface area contributed by atoms with Crippen LogP contribution in [0, 0.1) is 5.82 Å². The molecule has 0 saturated carbocycles. The van der Waals surface area contributed by atoms with E-state index in [4.69, 9.17) is 0 Å². The number of rotatable bonds is 3. The minimum Gasteiger partial charge on any atom is -0.357 e. The molecule has 0 aliphatic carbocycles. The molecule has 0 unspecified atom stereocenters. The molecule has 0 spiro atoms. The highest BCUT2D eigenvalue weighted by atomic mass is 19.1. The largest absolute Gasteiger partial charge is 0.357 e. The van der Waals surface area contributed by atoms with Gasteiger partial charge in [-0.1, -0.05) is 12.1 Å². The molecule has 1 aromatic carbocycles. The summed E-state index contributed by atoms with van der Waals surface area (Å²) in [5.41, 5.74) is 3.91. The highest BCUT2D eigenvalue weighted by molar-refractivity contribution is 5.96. The van der Waals surface area contributed by atoms with E-state index in [0.717, 1.165) is 42.6 Å². The number of piperazine rings is 1. The lowest BCUT2D eigenvalue weighted by Crippen LogP contribution is -2.50. The molecule has 2 aromatic heterocycles. The highest BCUT2D eigenvalue weighted by Crippen LogP contribution is 2.23. The maximum atomic E-state index is 13.1. The molecular formula is C23H24FN5O2. The molecule has 0 atom stereocenters. The molecule has 2 aliphatic rings. The number of nitrogens with zero attached hydrogens (tertiary/aromatic N) is 4. The number of hydrogen-bond acceptors (Lipinski definition) is 3. The molecule has 8 heteroatoms. The van der Waals surface area contributed by atoms with Crippen LogP contribution in [-0.2, 0) is 13.0 Å². The van der Waals surface area contributed by atoms with Crippen molar-refractivity contribution in [2.45, 2.75) is 25.8 Å². The second-order valence-electron chi connectivity index (χ2n) is 8.08. The number of carbonyl (C=O) groups excluding carboxylic acids is 2. The van der Waals surface area contributed by atoms with Crippen LogP contribution < -0.4 is 0 Å². The second kappa shape index (κ2) is 8.02. The van der Waals surface area contributed by atoms with Gasteiger partial charge in [0.05, 0.1) is 17.5 Å². The fourth-order valence-corrected chi connectivity index (χ4v) is 4.38. The van der Waals surface area contributed by atoms with Crippen LogP contribution in [0.5, 0.6) is 0 Å². The van der Waals surface area contributed by atoms with Crippen LogP contribution in [0.3, 0.4) is 0 Å². The predicted octanol–water partition coefficient (Wildman–Crippen LogP) is 2.95. The first kappa shape index (κ1) is 19.5. The van der Waals surface area contributed by atoms with Gasteiger partial charge in [0, 0.05) is 38.9 Å². The highest BCUT2D eigenvalue weighted by Gasteiger charge is 2.29. The topological polar surface area (TPSA) is 74.2 Å². The second-order valence-corrected chi connectivity index (χ2v) is 8.08. The van der Waals surface area contributed by atoms with E-state index < -0.39 is 0 Å². The number of aryl methyl sites for hydroxylation is 1. The average Bonchev–Trinajstić information content (AvgIpc) is 3.46. The number of halogens is 1. The summed E-state index contributed by atoms with van der Waals surface area (Å²) in [6.45, 7) is 2.85. The van der Waals surface area contributed by atoms with E-state index in [-0.39, 0.29) is 17.6 Å². The van der Waals surface area contributed by atoms with Crippen molar-refractivity contribution in [1.29, 1.82) is 0 Å². The van der Waals surface area contributed by atoms with Crippen molar-refractivity contribution in [3.05, 3.63) is 65.5 Å². The quantitative estimate of drug-likeness (QED) is 0.707. The van der Waals surface area contributed by atoms with Gasteiger partial charge in [0.15, 0.2) is 0 Å².